The lowest BCUT2D eigenvalue weighted by Crippen LogP contribution is -2.26. The molecule has 0 aliphatic rings. The van der Waals surface area contributed by atoms with Gasteiger partial charge < -0.3 is 4.74 Å². The molecule has 0 heterocycles. The van der Waals surface area contributed by atoms with E-state index >= 15 is 0 Å². The third-order valence-corrected chi connectivity index (χ3v) is 5.02. The maximum Gasteiger partial charge on any atom is 0.264 e. The fourth-order valence-corrected chi connectivity index (χ4v) is 3.15. The molecule has 0 fully saturated rings. The van der Waals surface area contributed by atoms with Crippen LogP contribution < -0.4 is 9.04 Å². The number of anilines is 1. The van der Waals surface area contributed by atoms with Gasteiger partial charge in [-0.15, -0.1) is 0 Å². The third-order valence-electron chi connectivity index (χ3n) is 2.96. The molecule has 0 aliphatic heterocycles. The van der Waals surface area contributed by atoms with Crippen LogP contribution in [0.2, 0.25) is 5.02 Å². The van der Waals surface area contributed by atoms with Gasteiger partial charge >= 0.3 is 0 Å². The van der Waals surface area contributed by atoms with Crippen LogP contribution in [0.4, 0.5) is 5.69 Å². The van der Waals surface area contributed by atoms with Crippen molar-refractivity contribution < 1.29 is 13.2 Å². The molecule has 0 N–H and O–H groups in total. The lowest BCUT2D eigenvalue weighted by Gasteiger charge is -2.20. The molecule has 0 saturated carbocycles. The summed E-state index contributed by atoms with van der Waals surface area (Å²) in [5, 5.41) is 0.495. The number of benzene rings is 2. The molecular weight excluding hydrogens is 310 g/mol. The summed E-state index contributed by atoms with van der Waals surface area (Å²) in [6.45, 7) is 2.40. The Bertz CT molecular complexity index is 714. The van der Waals surface area contributed by atoms with Gasteiger partial charge in [0.1, 0.15) is 5.75 Å². The van der Waals surface area contributed by atoms with Crippen LogP contribution in [-0.4, -0.2) is 22.1 Å². The van der Waals surface area contributed by atoms with Gasteiger partial charge in [0, 0.05) is 18.1 Å². The molecule has 21 heavy (non-hydrogen) atoms. The normalized spacial score (nSPS) is 11.2. The lowest BCUT2D eigenvalue weighted by atomic mass is 10.3. The zero-order chi connectivity index (χ0) is 15.5. The standard InChI is InChI=1S/C15H16ClNO3S/c1-3-20-14-6-4-5-13(11-14)17(2)21(18,19)15-9-7-12(16)8-10-15/h4-11H,3H2,1-2H3. The number of nitrogens with zero attached hydrogens (tertiary/aromatic N) is 1. The SMILES string of the molecule is CCOc1cccc(N(C)S(=O)(=O)c2ccc(Cl)cc2)c1. The van der Waals surface area contributed by atoms with Crippen molar-refractivity contribution in [1.29, 1.82) is 0 Å². The molecule has 0 spiro atoms. The number of hydrogen-bond acceptors (Lipinski definition) is 3. The van der Waals surface area contributed by atoms with Gasteiger partial charge in [0.2, 0.25) is 0 Å². The average Bonchev–Trinajstić information content (AvgIpc) is 2.47. The highest BCUT2D eigenvalue weighted by molar-refractivity contribution is 7.92. The summed E-state index contributed by atoms with van der Waals surface area (Å²) in [4.78, 5) is 0.191. The Hall–Kier alpha value is -1.72. The number of halogens is 1. The van der Waals surface area contributed by atoms with Gasteiger partial charge in [0.25, 0.3) is 10.0 Å². The molecule has 0 saturated heterocycles. The van der Waals surface area contributed by atoms with Crippen LogP contribution in [0, 0.1) is 0 Å². The van der Waals surface area contributed by atoms with Gasteiger partial charge in [-0.1, -0.05) is 17.7 Å². The second-order valence-electron chi connectivity index (χ2n) is 4.36. The van der Waals surface area contributed by atoms with Crippen molar-refractivity contribution in [1.82, 2.24) is 0 Å². The first kappa shape index (κ1) is 15.7. The molecule has 0 unspecified atom stereocenters. The maximum atomic E-state index is 12.6. The molecule has 4 nitrogen and oxygen atoms in total. The van der Waals surface area contributed by atoms with E-state index in [1.165, 1.54) is 23.5 Å². The minimum Gasteiger partial charge on any atom is -0.494 e. The number of sulfonamides is 1. The first-order valence-corrected chi connectivity index (χ1v) is 8.24. The van der Waals surface area contributed by atoms with Gasteiger partial charge in [0.05, 0.1) is 17.2 Å². The van der Waals surface area contributed by atoms with Gasteiger partial charge in [-0.05, 0) is 43.3 Å². The van der Waals surface area contributed by atoms with Gasteiger partial charge in [-0.2, -0.15) is 0 Å². The summed E-state index contributed by atoms with van der Waals surface area (Å²) in [6.07, 6.45) is 0. The van der Waals surface area contributed by atoms with Crippen molar-refractivity contribution in [3.8, 4) is 5.75 Å². The minimum atomic E-state index is -3.62. The van der Waals surface area contributed by atoms with Crippen molar-refractivity contribution >= 4 is 27.3 Å². The first-order valence-electron chi connectivity index (χ1n) is 6.42. The fourth-order valence-electron chi connectivity index (χ4n) is 1.84. The second kappa shape index (κ2) is 6.37. The summed E-state index contributed by atoms with van der Waals surface area (Å²) in [7, 11) is -2.11. The molecule has 6 heteroatoms. The fraction of sp³-hybridized carbons (Fsp3) is 0.200. The highest BCUT2D eigenvalue weighted by Gasteiger charge is 2.21. The molecule has 0 radical (unpaired) electrons. The molecule has 0 bridgehead atoms. The van der Waals surface area contributed by atoms with E-state index in [2.05, 4.69) is 0 Å². The van der Waals surface area contributed by atoms with Crippen molar-refractivity contribution in [2.45, 2.75) is 11.8 Å². The van der Waals surface area contributed by atoms with E-state index in [4.69, 9.17) is 16.3 Å². The maximum absolute atomic E-state index is 12.6. The van der Waals surface area contributed by atoms with Crippen LogP contribution in [0.5, 0.6) is 5.75 Å². The molecule has 2 rings (SSSR count). The summed E-state index contributed by atoms with van der Waals surface area (Å²) in [5.41, 5.74) is 0.538. The van der Waals surface area contributed by atoms with E-state index in [9.17, 15) is 8.42 Å². The van der Waals surface area contributed by atoms with Crippen molar-refractivity contribution in [3.05, 3.63) is 53.6 Å². The van der Waals surface area contributed by atoms with Gasteiger partial charge in [-0.3, -0.25) is 4.31 Å². The largest absolute Gasteiger partial charge is 0.494 e. The van der Waals surface area contributed by atoms with Crippen molar-refractivity contribution in [2.75, 3.05) is 18.0 Å². The van der Waals surface area contributed by atoms with Crippen molar-refractivity contribution in [2.24, 2.45) is 0 Å². The van der Waals surface area contributed by atoms with E-state index in [0.29, 0.717) is 23.1 Å². The second-order valence-corrected chi connectivity index (χ2v) is 6.76. The average molecular weight is 326 g/mol. The Kier molecular flexibility index (Phi) is 4.75. The minimum absolute atomic E-state index is 0.191. The number of hydrogen-bond donors (Lipinski definition) is 0. The molecule has 2 aromatic carbocycles. The Labute approximate surface area is 130 Å². The monoisotopic (exact) mass is 325 g/mol. The van der Waals surface area contributed by atoms with Gasteiger partial charge in [0.15, 0.2) is 0 Å². The zero-order valence-corrected chi connectivity index (χ0v) is 13.4. The van der Waals surface area contributed by atoms with Gasteiger partial charge in [-0.25, -0.2) is 8.42 Å². The smallest absolute Gasteiger partial charge is 0.264 e. The van der Waals surface area contributed by atoms with Crippen LogP contribution >= 0.6 is 11.6 Å². The Balaban J connectivity index is 2.35. The van der Waals surface area contributed by atoms with Crippen LogP contribution in [0.1, 0.15) is 6.92 Å². The number of ether oxygens (including phenoxy) is 1. The van der Waals surface area contributed by atoms with E-state index in [0.717, 1.165) is 0 Å². The van der Waals surface area contributed by atoms with E-state index in [-0.39, 0.29) is 4.90 Å². The molecule has 112 valence electrons. The van der Waals surface area contributed by atoms with Crippen LogP contribution in [-0.2, 0) is 10.0 Å². The predicted octanol–water partition coefficient (Wildman–Crippen LogP) is 3.56. The third kappa shape index (κ3) is 3.49. The van der Waals surface area contributed by atoms with Crippen molar-refractivity contribution in [3.63, 3.8) is 0 Å². The van der Waals surface area contributed by atoms with E-state index in [1.807, 2.05) is 6.92 Å². The first-order chi connectivity index (χ1) is 9.95. The van der Waals surface area contributed by atoms with Crippen LogP contribution in [0.15, 0.2) is 53.4 Å². The zero-order valence-electron chi connectivity index (χ0n) is 11.8. The molecule has 0 aromatic heterocycles. The quantitative estimate of drug-likeness (QED) is 0.844. The highest BCUT2D eigenvalue weighted by atomic mass is 35.5. The molecule has 0 atom stereocenters. The molecule has 0 amide bonds. The molecule has 0 aliphatic carbocycles. The van der Waals surface area contributed by atoms with Crippen LogP contribution in [0.3, 0.4) is 0 Å². The Morgan fingerprint density at radius 3 is 2.43 bits per heavy atom. The summed E-state index contributed by atoms with van der Waals surface area (Å²) < 4.78 is 31.7. The highest BCUT2D eigenvalue weighted by Crippen LogP contribution is 2.26. The van der Waals surface area contributed by atoms with Crippen LogP contribution in [0.25, 0.3) is 0 Å². The van der Waals surface area contributed by atoms with E-state index < -0.39 is 10.0 Å². The Morgan fingerprint density at radius 1 is 1.14 bits per heavy atom. The lowest BCUT2D eigenvalue weighted by molar-refractivity contribution is 0.340. The molecular formula is C15H16ClNO3S. The molecule has 2 aromatic rings. The number of rotatable bonds is 5. The van der Waals surface area contributed by atoms with E-state index in [1.54, 1.807) is 36.4 Å². The summed E-state index contributed by atoms with van der Waals surface area (Å²) in [5.74, 6) is 0.633. The predicted molar refractivity (Wildman–Crippen MR) is 84.7 cm³/mol. The summed E-state index contributed by atoms with van der Waals surface area (Å²) in [6, 6.07) is 13.0. The Morgan fingerprint density at radius 2 is 1.81 bits per heavy atom. The summed E-state index contributed by atoms with van der Waals surface area (Å²) >= 11 is 5.79. The topological polar surface area (TPSA) is 46.6 Å².